The predicted octanol–water partition coefficient (Wildman–Crippen LogP) is 3.28. The minimum atomic E-state index is -0.152. The number of carbonyl (C=O) groups is 1. The molecule has 2 aliphatic rings. The maximum absolute atomic E-state index is 12.9. The number of aromatic nitrogens is 1. The van der Waals surface area contributed by atoms with Crippen molar-refractivity contribution in [2.45, 2.75) is 13.0 Å². The number of fused-ring (bicyclic) bond motifs is 2. The van der Waals surface area contributed by atoms with Crippen LogP contribution >= 0.6 is 0 Å². The first-order chi connectivity index (χ1) is 13.7. The molecule has 3 heterocycles. The molecule has 1 aromatic heterocycles. The second-order valence-electron chi connectivity index (χ2n) is 6.76. The molecular weight excluding hydrogens is 360 g/mol. The van der Waals surface area contributed by atoms with E-state index in [9.17, 15) is 4.79 Å². The average molecular weight is 378 g/mol. The molecule has 2 aliphatic heterocycles. The Balaban J connectivity index is 1.37. The predicted molar refractivity (Wildman–Crippen MR) is 99.5 cm³/mol. The van der Waals surface area contributed by atoms with E-state index in [0.29, 0.717) is 30.3 Å². The molecule has 7 heteroatoms. The van der Waals surface area contributed by atoms with Gasteiger partial charge in [0.05, 0.1) is 7.11 Å². The van der Waals surface area contributed by atoms with Crippen molar-refractivity contribution in [2.24, 2.45) is 0 Å². The molecule has 2 aromatic carbocycles. The molecule has 5 rings (SSSR count). The summed E-state index contributed by atoms with van der Waals surface area (Å²) in [6, 6.07) is 13.1. The SMILES string of the molecule is COc1cccc(-c2cc(C(=O)N3CCc4cc5c(cc4C3)OCO5)no2)c1. The molecule has 0 N–H and O–H groups in total. The van der Waals surface area contributed by atoms with Crippen molar-refractivity contribution in [2.75, 3.05) is 20.4 Å². The van der Waals surface area contributed by atoms with Crippen LogP contribution in [0, 0.1) is 0 Å². The van der Waals surface area contributed by atoms with Crippen molar-refractivity contribution in [3.63, 3.8) is 0 Å². The minimum absolute atomic E-state index is 0.152. The van der Waals surface area contributed by atoms with Crippen LogP contribution in [-0.2, 0) is 13.0 Å². The topological polar surface area (TPSA) is 74.0 Å². The summed E-state index contributed by atoms with van der Waals surface area (Å²) in [5.41, 5.74) is 3.36. The van der Waals surface area contributed by atoms with E-state index in [-0.39, 0.29) is 12.7 Å². The summed E-state index contributed by atoms with van der Waals surface area (Å²) in [7, 11) is 1.61. The van der Waals surface area contributed by atoms with Crippen molar-refractivity contribution in [3.05, 3.63) is 59.3 Å². The van der Waals surface area contributed by atoms with Gasteiger partial charge in [-0.05, 0) is 41.8 Å². The molecule has 0 atom stereocenters. The molecule has 0 aliphatic carbocycles. The Kier molecular flexibility index (Phi) is 3.93. The summed E-state index contributed by atoms with van der Waals surface area (Å²) in [6.07, 6.45) is 0.762. The zero-order valence-electron chi connectivity index (χ0n) is 15.3. The van der Waals surface area contributed by atoms with Gasteiger partial charge in [0.15, 0.2) is 23.0 Å². The molecule has 0 unspecified atom stereocenters. The van der Waals surface area contributed by atoms with Gasteiger partial charge in [0, 0.05) is 24.7 Å². The standard InChI is InChI=1S/C21H18N2O5/c1-25-16-4-2-3-14(7-16)18-10-17(22-28-18)21(24)23-6-5-13-8-19-20(27-12-26-19)9-15(13)11-23/h2-4,7-10H,5-6,11-12H2,1H3. The lowest BCUT2D eigenvalue weighted by molar-refractivity contribution is 0.0724. The number of hydrogen-bond donors (Lipinski definition) is 0. The number of ether oxygens (including phenoxy) is 3. The third kappa shape index (κ3) is 2.85. The van der Waals surface area contributed by atoms with E-state index in [0.717, 1.165) is 29.0 Å². The van der Waals surface area contributed by atoms with E-state index in [1.165, 1.54) is 5.56 Å². The van der Waals surface area contributed by atoms with Crippen molar-refractivity contribution in [3.8, 4) is 28.6 Å². The molecular formula is C21H18N2O5. The van der Waals surface area contributed by atoms with Gasteiger partial charge in [0.25, 0.3) is 5.91 Å². The molecule has 0 spiro atoms. The fourth-order valence-electron chi connectivity index (χ4n) is 3.57. The molecule has 3 aromatic rings. The highest BCUT2D eigenvalue weighted by atomic mass is 16.7. The van der Waals surface area contributed by atoms with Gasteiger partial charge in [-0.1, -0.05) is 17.3 Å². The molecule has 1 amide bonds. The largest absolute Gasteiger partial charge is 0.497 e. The second-order valence-corrected chi connectivity index (χ2v) is 6.76. The van der Waals surface area contributed by atoms with E-state index < -0.39 is 0 Å². The Bertz CT molecular complexity index is 1060. The maximum atomic E-state index is 12.9. The summed E-state index contributed by atoms with van der Waals surface area (Å²) in [4.78, 5) is 14.7. The van der Waals surface area contributed by atoms with Crippen LogP contribution in [0.25, 0.3) is 11.3 Å². The van der Waals surface area contributed by atoms with E-state index in [1.54, 1.807) is 18.1 Å². The van der Waals surface area contributed by atoms with E-state index in [2.05, 4.69) is 5.16 Å². The Hall–Kier alpha value is -3.48. The summed E-state index contributed by atoms with van der Waals surface area (Å²) < 4.78 is 21.5. The number of methoxy groups -OCH3 is 1. The van der Waals surface area contributed by atoms with Crippen LogP contribution in [0.3, 0.4) is 0 Å². The van der Waals surface area contributed by atoms with Crippen molar-refractivity contribution in [1.82, 2.24) is 10.1 Å². The lowest BCUT2D eigenvalue weighted by Crippen LogP contribution is -2.36. The lowest BCUT2D eigenvalue weighted by Gasteiger charge is -2.28. The van der Waals surface area contributed by atoms with Gasteiger partial charge < -0.3 is 23.6 Å². The van der Waals surface area contributed by atoms with E-state index >= 15 is 0 Å². The molecule has 0 fully saturated rings. The molecule has 28 heavy (non-hydrogen) atoms. The fourth-order valence-corrected chi connectivity index (χ4v) is 3.57. The second kappa shape index (κ2) is 6.60. The van der Waals surface area contributed by atoms with Gasteiger partial charge in [-0.3, -0.25) is 4.79 Å². The van der Waals surface area contributed by atoms with Gasteiger partial charge >= 0.3 is 0 Å². The molecule has 0 radical (unpaired) electrons. The normalized spacial score (nSPS) is 14.7. The zero-order chi connectivity index (χ0) is 19.1. The first kappa shape index (κ1) is 16.7. The van der Waals surface area contributed by atoms with Gasteiger partial charge in [-0.2, -0.15) is 0 Å². The summed E-state index contributed by atoms with van der Waals surface area (Å²) in [5.74, 6) is 2.60. The molecule has 0 saturated heterocycles. The van der Waals surface area contributed by atoms with Crippen molar-refractivity contribution < 1.29 is 23.5 Å². The van der Waals surface area contributed by atoms with Crippen LogP contribution in [0.15, 0.2) is 47.0 Å². The van der Waals surface area contributed by atoms with E-state index in [4.69, 9.17) is 18.7 Å². The van der Waals surface area contributed by atoms with Crippen LogP contribution in [0.2, 0.25) is 0 Å². The quantitative estimate of drug-likeness (QED) is 0.696. The van der Waals surface area contributed by atoms with Gasteiger partial charge in [-0.15, -0.1) is 0 Å². The molecule has 7 nitrogen and oxygen atoms in total. The third-order valence-corrected chi connectivity index (χ3v) is 5.08. The van der Waals surface area contributed by atoms with Gasteiger partial charge in [0.2, 0.25) is 6.79 Å². The van der Waals surface area contributed by atoms with Crippen LogP contribution in [-0.4, -0.2) is 36.4 Å². The Morgan fingerprint density at radius 2 is 1.93 bits per heavy atom. The highest BCUT2D eigenvalue weighted by Crippen LogP contribution is 2.37. The minimum Gasteiger partial charge on any atom is -0.497 e. The van der Waals surface area contributed by atoms with Crippen LogP contribution < -0.4 is 14.2 Å². The zero-order valence-corrected chi connectivity index (χ0v) is 15.3. The van der Waals surface area contributed by atoms with Crippen LogP contribution in [0.4, 0.5) is 0 Å². The molecule has 0 bridgehead atoms. The molecule has 142 valence electrons. The number of rotatable bonds is 3. The van der Waals surface area contributed by atoms with Gasteiger partial charge in [-0.25, -0.2) is 0 Å². The number of nitrogens with zero attached hydrogens (tertiary/aromatic N) is 2. The average Bonchev–Trinajstić information content (AvgIpc) is 3.40. The smallest absolute Gasteiger partial charge is 0.276 e. The number of benzene rings is 2. The monoisotopic (exact) mass is 378 g/mol. The van der Waals surface area contributed by atoms with Gasteiger partial charge in [0.1, 0.15) is 5.75 Å². The number of carbonyl (C=O) groups excluding carboxylic acids is 1. The third-order valence-electron chi connectivity index (χ3n) is 5.08. The first-order valence-electron chi connectivity index (χ1n) is 9.03. The number of amides is 1. The highest BCUT2D eigenvalue weighted by Gasteiger charge is 2.27. The summed E-state index contributed by atoms with van der Waals surface area (Å²) in [5, 5.41) is 3.99. The Morgan fingerprint density at radius 3 is 2.75 bits per heavy atom. The summed E-state index contributed by atoms with van der Waals surface area (Å²) >= 11 is 0. The van der Waals surface area contributed by atoms with Crippen molar-refractivity contribution in [1.29, 1.82) is 0 Å². The summed E-state index contributed by atoms with van der Waals surface area (Å²) in [6.45, 7) is 1.37. The Labute approximate surface area is 161 Å². The Morgan fingerprint density at radius 1 is 1.11 bits per heavy atom. The highest BCUT2D eigenvalue weighted by molar-refractivity contribution is 5.93. The number of hydrogen-bond acceptors (Lipinski definition) is 6. The molecule has 0 saturated carbocycles. The first-order valence-corrected chi connectivity index (χ1v) is 9.03. The van der Waals surface area contributed by atoms with Crippen LogP contribution in [0.5, 0.6) is 17.2 Å². The van der Waals surface area contributed by atoms with E-state index in [1.807, 2.05) is 36.4 Å². The maximum Gasteiger partial charge on any atom is 0.276 e. The lowest BCUT2D eigenvalue weighted by atomic mass is 9.98. The van der Waals surface area contributed by atoms with Crippen molar-refractivity contribution >= 4 is 5.91 Å². The van der Waals surface area contributed by atoms with Crippen LogP contribution in [0.1, 0.15) is 21.6 Å². The fraction of sp³-hybridized carbons (Fsp3) is 0.238.